The first kappa shape index (κ1) is 18.6. The van der Waals surface area contributed by atoms with Gasteiger partial charge in [0.25, 0.3) is 5.56 Å². The highest BCUT2D eigenvalue weighted by atomic mass is 16.1. The minimum Gasteiger partial charge on any atom is -0.326 e. The van der Waals surface area contributed by atoms with Gasteiger partial charge in [-0.05, 0) is 53.9 Å². The standard InChI is InChI=1S/C23H20N4O2/c28-22(11-14-27-16-25-21-4-2-1-3-20(21)23(27)29)26-19-7-5-17(6-8-19)15-18-9-12-24-13-10-18/h1-10,12-13,16H,11,14-15H2,(H,26,28). The fraction of sp³-hybridized carbons (Fsp3) is 0.130. The van der Waals surface area contributed by atoms with E-state index in [0.717, 1.165) is 17.7 Å². The number of anilines is 1. The van der Waals surface area contributed by atoms with Crippen molar-refractivity contribution in [3.8, 4) is 0 Å². The SMILES string of the molecule is O=C(CCn1cnc2ccccc2c1=O)Nc1ccc(Cc2ccncc2)cc1. The maximum atomic E-state index is 12.5. The van der Waals surface area contributed by atoms with Crippen LogP contribution in [0.5, 0.6) is 0 Å². The van der Waals surface area contributed by atoms with E-state index < -0.39 is 0 Å². The Kier molecular flexibility index (Phi) is 5.42. The zero-order chi connectivity index (χ0) is 20.1. The Morgan fingerprint density at radius 2 is 1.66 bits per heavy atom. The number of aryl methyl sites for hydroxylation is 1. The first-order chi connectivity index (χ1) is 14.2. The molecule has 0 spiro atoms. The Bertz CT molecular complexity index is 1180. The molecule has 4 aromatic rings. The second kappa shape index (κ2) is 8.48. The third-order valence-corrected chi connectivity index (χ3v) is 4.71. The van der Waals surface area contributed by atoms with Gasteiger partial charge in [-0.25, -0.2) is 4.98 Å². The van der Waals surface area contributed by atoms with E-state index >= 15 is 0 Å². The van der Waals surface area contributed by atoms with Crippen LogP contribution >= 0.6 is 0 Å². The second-order valence-electron chi connectivity index (χ2n) is 6.79. The van der Waals surface area contributed by atoms with E-state index in [9.17, 15) is 9.59 Å². The van der Waals surface area contributed by atoms with Crippen molar-refractivity contribution in [2.45, 2.75) is 19.4 Å². The average Bonchev–Trinajstić information content (AvgIpc) is 2.76. The molecule has 4 rings (SSSR count). The number of rotatable bonds is 6. The molecular weight excluding hydrogens is 364 g/mol. The van der Waals surface area contributed by atoms with E-state index in [1.54, 1.807) is 30.6 Å². The van der Waals surface area contributed by atoms with E-state index in [2.05, 4.69) is 15.3 Å². The Balaban J connectivity index is 1.35. The summed E-state index contributed by atoms with van der Waals surface area (Å²) in [5.74, 6) is -0.146. The van der Waals surface area contributed by atoms with Gasteiger partial charge in [-0.1, -0.05) is 24.3 Å². The molecule has 0 aliphatic carbocycles. The number of hydrogen-bond donors (Lipinski definition) is 1. The van der Waals surface area contributed by atoms with E-state index in [1.165, 1.54) is 16.5 Å². The fourth-order valence-corrected chi connectivity index (χ4v) is 3.15. The zero-order valence-corrected chi connectivity index (χ0v) is 15.8. The van der Waals surface area contributed by atoms with Crippen molar-refractivity contribution in [3.05, 3.63) is 101 Å². The molecule has 0 saturated heterocycles. The van der Waals surface area contributed by atoms with Crippen molar-refractivity contribution in [1.29, 1.82) is 0 Å². The van der Waals surface area contributed by atoms with Crippen molar-refractivity contribution in [2.24, 2.45) is 0 Å². The van der Waals surface area contributed by atoms with Crippen molar-refractivity contribution in [3.63, 3.8) is 0 Å². The lowest BCUT2D eigenvalue weighted by Gasteiger charge is -2.09. The van der Waals surface area contributed by atoms with Crippen LogP contribution in [0, 0.1) is 0 Å². The van der Waals surface area contributed by atoms with Gasteiger partial charge < -0.3 is 5.32 Å². The van der Waals surface area contributed by atoms with Crippen LogP contribution in [0.4, 0.5) is 5.69 Å². The Morgan fingerprint density at radius 3 is 2.45 bits per heavy atom. The summed E-state index contributed by atoms with van der Waals surface area (Å²) in [6.07, 6.45) is 6.06. The Morgan fingerprint density at radius 1 is 0.931 bits per heavy atom. The van der Waals surface area contributed by atoms with Crippen molar-refractivity contribution >= 4 is 22.5 Å². The van der Waals surface area contributed by atoms with Gasteiger partial charge in [0.2, 0.25) is 5.91 Å². The van der Waals surface area contributed by atoms with Gasteiger partial charge in [0, 0.05) is 31.0 Å². The van der Waals surface area contributed by atoms with Crippen LogP contribution in [0.25, 0.3) is 10.9 Å². The number of pyridine rings is 1. The molecule has 144 valence electrons. The number of nitrogens with one attached hydrogen (secondary N) is 1. The number of fused-ring (bicyclic) bond motifs is 1. The number of benzene rings is 2. The molecule has 0 saturated carbocycles. The highest BCUT2D eigenvalue weighted by molar-refractivity contribution is 5.90. The quantitative estimate of drug-likeness (QED) is 0.553. The zero-order valence-electron chi connectivity index (χ0n) is 15.8. The summed E-state index contributed by atoms with van der Waals surface area (Å²) in [6, 6.07) is 18.9. The lowest BCUT2D eigenvalue weighted by atomic mass is 10.1. The van der Waals surface area contributed by atoms with Crippen molar-refractivity contribution in [2.75, 3.05) is 5.32 Å². The molecular formula is C23H20N4O2. The van der Waals surface area contributed by atoms with Gasteiger partial charge in [-0.2, -0.15) is 0 Å². The number of carbonyl (C=O) groups excluding carboxylic acids is 1. The van der Waals surface area contributed by atoms with Crippen molar-refractivity contribution in [1.82, 2.24) is 14.5 Å². The molecule has 0 aliphatic heterocycles. The third kappa shape index (κ3) is 4.55. The van der Waals surface area contributed by atoms with Crippen LogP contribution in [0.3, 0.4) is 0 Å². The topological polar surface area (TPSA) is 76.9 Å². The molecule has 29 heavy (non-hydrogen) atoms. The summed E-state index contributed by atoms with van der Waals surface area (Å²) >= 11 is 0. The molecule has 1 N–H and O–H groups in total. The maximum Gasteiger partial charge on any atom is 0.261 e. The minimum atomic E-state index is -0.146. The van der Waals surface area contributed by atoms with E-state index in [1.807, 2.05) is 42.5 Å². The van der Waals surface area contributed by atoms with Crippen molar-refractivity contribution < 1.29 is 4.79 Å². The predicted octanol–water partition coefficient (Wildman–Crippen LogP) is 3.41. The average molecular weight is 384 g/mol. The van der Waals surface area contributed by atoms with Gasteiger partial charge in [-0.15, -0.1) is 0 Å². The number of amides is 1. The summed E-state index contributed by atoms with van der Waals surface area (Å²) in [5, 5.41) is 3.43. The summed E-state index contributed by atoms with van der Waals surface area (Å²) in [5.41, 5.74) is 3.60. The van der Waals surface area contributed by atoms with Gasteiger partial charge in [0.05, 0.1) is 17.2 Å². The lowest BCUT2D eigenvalue weighted by Crippen LogP contribution is -2.23. The Labute approximate surface area is 167 Å². The molecule has 2 heterocycles. The summed E-state index contributed by atoms with van der Waals surface area (Å²) in [4.78, 5) is 33.1. The van der Waals surface area contributed by atoms with Crippen LogP contribution < -0.4 is 10.9 Å². The molecule has 0 unspecified atom stereocenters. The van der Waals surface area contributed by atoms with Crippen LogP contribution in [0.1, 0.15) is 17.5 Å². The normalized spacial score (nSPS) is 10.8. The summed E-state index contributed by atoms with van der Waals surface area (Å²) in [7, 11) is 0. The van der Waals surface area contributed by atoms with Gasteiger partial charge in [-0.3, -0.25) is 19.1 Å². The second-order valence-corrected chi connectivity index (χ2v) is 6.79. The molecule has 0 aliphatic rings. The van der Waals surface area contributed by atoms with Gasteiger partial charge in [0.15, 0.2) is 0 Å². The molecule has 6 heteroatoms. The first-order valence-corrected chi connectivity index (χ1v) is 9.41. The van der Waals surface area contributed by atoms with Crippen LogP contribution in [0.2, 0.25) is 0 Å². The summed E-state index contributed by atoms with van der Waals surface area (Å²) < 4.78 is 1.47. The molecule has 6 nitrogen and oxygen atoms in total. The lowest BCUT2D eigenvalue weighted by molar-refractivity contribution is -0.116. The monoisotopic (exact) mass is 384 g/mol. The molecule has 0 bridgehead atoms. The number of carbonyl (C=O) groups is 1. The number of para-hydroxylation sites is 1. The largest absolute Gasteiger partial charge is 0.326 e. The Hall–Kier alpha value is -3.80. The van der Waals surface area contributed by atoms with E-state index in [4.69, 9.17) is 0 Å². The van der Waals surface area contributed by atoms with Gasteiger partial charge >= 0.3 is 0 Å². The van der Waals surface area contributed by atoms with Crippen LogP contribution in [-0.2, 0) is 17.8 Å². The predicted molar refractivity (Wildman–Crippen MR) is 113 cm³/mol. The molecule has 0 atom stereocenters. The highest BCUT2D eigenvalue weighted by Crippen LogP contribution is 2.13. The fourth-order valence-electron chi connectivity index (χ4n) is 3.15. The minimum absolute atomic E-state index is 0.135. The molecule has 2 aromatic carbocycles. The molecule has 1 amide bonds. The molecule has 2 aromatic heterocycles. The van der Waals surface area contributed by atoms with Crippen LogP contribution in [0.15, 0.2) is 84.2 Å². The van der Waals surface area contributed by atoms with E-state index in [-0.39, 0.29) is 24.4 Å². The smallest absolute Gasteiger partial charge is 0.261 e. The maximum absolute atomic E-state index is 12.5. The van der Waals surface area contributed by atoms with Crippen LogP contribution in [-0.4, -0.2) is 20.4 Å². The van der Waals surface area contributed by atoms with Gasteiger partial charge in [0.1, 0.15) is 0 Å². The number of aromatic nitrogens is 3. The number of hydrogen-bond acceptors (Lipinski definition) is 4. The number of nitrogens with zero attached hydrogens (tertiary/aromatic N) is 3. The van der Waals surface area contributed by atoms with E-state index in [0.29, 0.717) is 10.9 Å². The summed E-state index contributed by atoms with van der Waals surface area (Å²) in [6.45, 7) is 0.280. The highest BCUT2D eigenvalue weighted by Gasteiger charge is 2.07. The molecule has 0 radical (unpaired) electrons. The first-order valence-electron chi connectivity index (χ1n) is 9.41. The molecule has 0 fully saturated rings. The third-order valence-electron chi connectivity index (χ3n) is 4.71.